The lowest BCUT2D eigenvalue weighted by molar-refractivity contribution is 0.396. The summed E-state index contributed by atoms with van der Waals surface area (Å²) >= 11 is 1.77. The summed E-state index contributed by atoms with van der Waals surface area (Å²) in [6.07, 6.45) is 2.10. The fourth-order valence-corrected chi connectivity index (χ4v) is 2.89. The number of nitrogens with one attached hydrogen (secondary N) is 1. The molecule has 2 atom stereocenters. The lowest BCUT2D eigenvalue weighted by Crippen LogP contribution is -2.22. The highest BCUT2D eigenvalue weighted by atomic mass is 32.2. The molecule has 2 aromatic carbocycles. The summed E-state index contributed by atoms with van der Waals surface area (Å²) in [5, 5.41) is 3.64. The molecule has 2 nitrogen and oxygen atoms in total. The van der Waals surface area contributed by atoms with E-state index in [1.54, 1.807) is 18.9 Å². The van der Waals surface area contributed by atoms with Crippen LogP contribution in [0, 0.1) is 0 Å². The molecule has 2 aromatic rings. The maximum atomic E-state index is 5.44. The lowest BCUT2D eigenvalue weighted by atomic mass is 10.0. The van der Waals surface area contributed by atoms with Crippen LogP contribution < -0.4 is 10.1 Å². The van der Waals surface area contributed by atoms with Crippen LogP contribution in [0.4, 0.5) is 0 Å². The smallest absolute Gasteiger partial charge is 0.123 e. The van der Waals surface area contributed by atoms with E-state index in [4.69, 9.17) is 4.74 Å². The van der Waals surface area contributed by atoms with Crippen molar-refractivity contribution in [3.63, 3.8) is 0 Å². The van der Waals surface area contributed by atoms with Crippen LogP contribution in [0.2, 0.25) is 0 Å². The van der Waals surface area contributed by atoms with Gasteiger partial charge in [0.1, 0.15) is 5.75 Å². The summed E-state index contributed by atoms with van der Waals surface area (Å²) in [7, 11) is 1.72. The maximum absolute atomic E-state index is 5.44. The first kappa shape index (κ1) is 15.9. The Kier molecular flexibility index (Phi) is 5.71. The van der Waals surface area contributed by atoms with Crippen molar-refractivity contribution in [2.24, 2.45) is 0 Å². The lowest BCUT2D eigenvalue weighted by Gasteiger charge is -2.22. The SMILES string of the molecule is COc1ccccc1[C@@H](C)NC(C)c1ccc(SC)cc1. The minimum Gasteiger partial charge on any atom is -0.496 e. The molecule has 0 fully saturated rings. The third kappa shape index (κ3) is 4.02. The van der Waals surface area contributed by atoms with E-state index < -0.39 is 0 Å². The first-order valence-corrected chi connectivity index (χ1v) is 8.41. The predicted octanol–water partition coefficient (Wildman–Crippen LogP) is 4.83. The molecule has 0 aliphatic rings. The van der Waals surface area contributed by atoms with Gasteiger partial charge in [0, 0.05) is 22.5 Å². The summed E-state index contributed by atoms with van der Waals surface area (Å²) in [6.45, 7) is 4.37. The molecular formula is C18H23NOS. The van der Waals surface area contributed by atoms with E-state index in [-0.39, 0.29) is 6.04 Å². The van der Waals surface area contributed by atoms with Crippen molar-refractivity contribution < 1.29 is 4.74 Å². The molecule has 112 valence electrons. The minimum absolute atomic E-state index is 0.233. The Hall–Kier alpha value is -1.45. The number of methoxy groups -OCH3 is 1. The first-order valence-electron chi connectivity index (χ1n) is 7.18. The highest BCUT2D eigenvalue weighted by Crippen LogP contribution is 2.27. The second-order valence-electron chi connectivity index (χ2n) is 5.13. The molecule has 0 amide bonds. The van der Waals surface area contributed by atoms with E-state index in [0.29, 0.717) is 6.04 Å². The quantitative estimate of drug-likeness (QED) is 0.772. The Morgan fingerprint density at radius 1 is 0.952 bits per heavy atom. The second-order valence-corrected chi connectivity index (χ2v) is 6.00. The first-order chi connectivity index (χ1) is 10.2. The third-order valence-corrected chi connectivity index (χ3v) is 4.46. The minimum atomic E-state index is 0.233. The molecule has 0 aliphatic carbocycles. The van der Waals surface area contributed by atoms with Crippen molar-refractivity contribution in [2.45, 2.75) is 30.8 Å². The zero-order valence-corrected chi connectivity index (χ0v) is 13.9. The largest absolute Gasteiger partial charge is 0.496 e. The van der Waals surface area contributed by atoms with E-state index in [1.807, 2.05) is 18.2 Å². The molecule has 0 aliphatic heterocycles. The molecule has 0 heterocycles. The standard InChI is InChI=1S/C18H23NOS/c1-13(15-9-11-16(21-4)12-10-15)19-14(2)17-7-5-6-8-18(17)20-3/h5-14,19H,1-4H3/t13?,14-/m1/s1. The van der Waals surface area contributed by atoms with Crippen LogP contribution in [0.5, 0.6) is 5.75 Å². The van der Waals surface area contributed by atoms with Gasteiger partial charge in [-0.3, -0.25) is 0 Å². The van der Waals surface area contributed by atoms with Crippen LogP contribution >= 0.6 is 11.8 Å². The Morgan fingerprint density at radius 2 is 1.62 bits per heavy atom. The molecule has 0 bridgehead atoms. The van der Waals surface area contributed by atoms with Gasteiger partial charge in [-0.05, 0) is 43.9 Å². The van der Waals surface area contributed by atoms with E-state index in [0.717, 1.165) is 5.75 Å². The van der Waals surface area contributed by atoms with Crippen LogP contribution in [-0.4, -0.2) is 13.4 Å². The predicted molar refractivity (Wildman–Crippen MR) is 91.2 cm³/mol. The number of benzene rings is 2. The molecule has 0 saturated carbocycles. The van der Waals surface area contributed by atoms with Crippen molar-refractivity contribution in [1.29, 1.82) is 0 Å². The molecule has 0 aromatic heterocycles. The van der Waals surface area contributed by atoms with Gasteiger partial charge in [-0.1, -0.05) is 30.3 Å². The number of para-hydroxylation sites is 1. The van der Waals surface area contributed by atoms with Crippen molar-refractivity contribution in [2.75, 3.05) is 13.4 Å². The fourth-order valence-electron chi connectivity index (χ4n) is 2.48. The molecule has 2 rings (SSSR count). The monoisotopic (exact) mass is 301 g/mol. The molecule has 0 saturated heterocycles. The molecule has 1 unspecified atom stereocenters. The third-order valence-electron chi connectivity index (χ3n) is 3.72. The van der Waals surface area contributed by atoms with Gasteiger partial charge < -0.3 is 10.1 Å². The maximum Gasteiger partial charge on any atom is 0.123 e. The average molecular weight is 301 g/mol. The van der Waals surface area contributed by atoms with Crippen molar-refractivity contribution in [1.82, 2.24) is 5.32 Å². The zero-order valence-electron chi connectivity index (χ0n) is 13.1. The van der Waals surface area contributed by atoms with Gasteiger partial charge >= 0.3 is 0 Å². The summed E-state index contributed by atoms with van der Waals surface area (Å²) in [4.78, 5) is 1.30. The summed E-state index contributed by atoms with van der Waals surface area (Å²) in [5.74, 6) is 0.933. The van der Waals surface area contributed by atoms with Gasteiger partial charge in [0.15, 0.2) is 0 Å². The van der Waals surface area contributed by atoms with Crippen LogP contribution in [0.3, 0.4) is 0 Å². The fraction of sp³-hybridized carbons (Fsp3) is 0.333. The van der Waals surface area contributed by atoms with Crippen molar-refractivity contribution in [3.05, 3.63) is 59.7 Å². The molecule has 21 heavy (non-hydrogen) atoms. The molecule has 0 spiro atoms. The normalized spacial score (nSPS) is 13.7. The van der Waals surface area contributed by atoms with Crippen LogP contribution in [0.1, 0.15) is 37.1 Å². The number of hydrogen-bond acceptors (Lipinski definition) is 3. The van der Waals surface area contributed by atoms with Crippen LogP contribution in [0.15, 0.2) is 53.4 Å². The van der Waals surface area contributed by atoms with Gasteiger partial charge in [0.05, 0.1) is 7.11 Å². The molecule has 1 N–H and O–H groups in total. The molecule has 3 heteroatoms. The highest BCUT2D eigenvalue weighted by molar-refractivity contribution is 7.98. The van der Waals surface area contributed by atoms with E-state index in [9.17, 15) is 0 Å². The van der Waals surface area contributed by atoms with E-state index in [2.05, 4.69) is 55.8 Å². The van der Waals surface area contributed by atoms with Gasteiger partial charge in [-0.2, -0.15) is 0 Å². The molecular weight excluding hydrogens is 278 g/mol. The number of thioether (sulfide) groups is 1. The van der Waals surface area contributed by atoms with Crippen LogP contribution in [-0.2, 0) is 0 Å². The Morgan fingerprint density at radius 3 is 2.24 bits per heavy atom. The Labute approximate surface area is 131 Å². The average Bonchev–Trinajstić information content (AvgIpc) is 2.54. The number of ether oxygens (including phenoxy) is 1. The summed E-state index contributed by atoms with van der Waals surface area (Å²) in [6, 6.07) is 17.4. The topological polar surface area (TPSA) is 21.3 Å². The van der Waals surface area contributed by atoms with E-state index in [1.165, 1.54) is 16.0 Å². The number of rotatable bonds is 6. The van der Waals surface area contributed by atoms with Gasteiger partial charge in [0.25, 0.3) is 0 Å². The van der Waals surface area contributed by atoms with Gasteiger partial charge in [0.2, 0.25) is 0 Å². The van der Waals surface area contributed by atoms with E-state index >= 15 is 0 Å². The zero-order chi connectivity index (χ0) is 15.2. The van der Waals surface area contributed by atoms with Gasteiger partial charge in [-0.25, -0.2) is 0 Å². The second kappa shape index (κ2) is 7.53. The van der Waals surface area contributed by atoms with Gasteiger partial charge in [-0.15, -0.1) is 11.8 Å². The Balaban J connectivity index is 2.08. The van der Waals surface area contributed by atoms with Crippen molar-refractivity contribution in [3.8, 4) is 5.75 Å². The molecule has 0 radical (unpaired) electrons. The Bertz CT molecular complexity index is 568. The van der Waals surface area contributed by atoms with Crippen LogP contribution in [0.25, 0.3) is 0 Å². The number of hydrogen-bond donors (Lipinski definition) is 1. The summed E-state index contributed by atoms with van der Waals surface area (Å²) in [5.41, 5.74) is 2.49. The summed E-state index contributed by atoms with van der Waals surface area (Å²) < 4.78 is 5.44. The van der Waals surface area contributed by atoms with Crippen molar-refractivity contribution >= 4 is 11.8 Å². The highest BCUT2D eigenvalue weighted by Gasteiger charge is 2.14.